The summed E-state index contributed by atoms with van der Waals surface area (Å²) in [5.74, 6) is 0.740. The molecule has 1 atom stereocenters. The first-order valence-electron chi connectivity index (χ1n) is 8.13. The third-order valence-corrected chi connectivity index (χ3v) is 6.89. The van der Waals surface area contributed by atoms with E-state index < -0.39 is 23.8 Å². The molecule has 1 aliphatic heterocycles. The monoisotopic (exact) mass is 391 g/mol. The fraction of sp³-hybridized carbons (Fsp3) is 0.263. The predicted octanol–water partition coefficient (Wildman–Crippen LogP) is 4.49. The molecule has 7 heteroatoms. The molecule has 2 aromatic carbocycles. The second-order valence-corrected chi connectivity index (χ2v) is 8.47. The highest BCUT2D eigenvalue weighted by Gasteiger charge is 2.21. The van der Waals surface area contributed by atoms with E-state index in [0.717, 1.165) is 11.5 Å². The van der Waals surface area contributed by atoms with Crippen molar-refractivity contribution in [1.29, 1.82) is 0 Å². The predicted molar refractivity (Wildman–Crippen MR) is 104 cm³/mol. The van der Waals surface area contributed by atoms with Gasteiger partial charge in [-0.15, -0.1) is 23.5 Å². The van der Waals surface area contributed by atoms with Crippen LogP contribution in [0.2, 0.25) is 0 Å². The zero-order valence-corrected chi connectivity index (χ0v) is 15.7. The number of ether oxygens (including phenoxy) is 1. The number of carbonyl (C=O) groups excluding carboxylic acids is 2. The van der Waals surface area contributed by atoms with E-state index in [1.165, 1.54) is 30.7 Å². The lowest BCUT2D eigenvalue weighted by Gasteiger charge is -2.14. The SMILES string of the molecule is C[C@@H](OC(=O)c1ccc(C2SCCS2)cc1)C(=O)Nc1cccc(F)c1. The Balaban J connectivity index is 1.57. The molecule has 0 unspecified atom stereocenters. The lowest BCUT2D eigenvalue weighted by molar-refractivity contribution is -0.123. The number of nitrogens with one attached hydrogen (secondary N) is 1. The summed E-state index contributed by atoms with van der Waals surface area (Å²) in [4.78, 5) is 24.3. The summed E-state index contributed by atoms with van der Waals surface area (Å²) in [6, 6.07) is 12.8. The fourth-order valence-corrected chi connectivity index (χ4v) is 5.28. The van der Waals surface area contributed by atoms with Crippen molar-refractivity contribution in [2.45, 2.75) is 17.6 Å². The summed E-state index contributed by atoms with van der Waals surface area (Å²) in [6.07, 6.45) is -0.994. The minimum absolute atomic E-state index is 0.314. The van der Waals surface area contributed by atoms with E-state index in [9.17, 15) is 14.0 Å². The number of hydrogen-bond acceptors (Lipinski definition) is 5. The second-order valence-electron chi connectivity index (χ2n) is 5.74. The van der Waals surface area contributed by atoms with Crippen molar-refractivity contribution in [3.05, 3.63) is 65.5 Å². The maximum atomic E-state index is 13.2. The second kappa shape index (κ2) is 8.60. The van der Waals surface area contributed by atoms with Gasteiger partial charge in [0.15, 0.2) is 6.10 Å². The molecule has 0 aliphatic carbocycles. The summed E-state index contributed by atoms with van der Waals surface area (Å²) in [7, 11) is 0. The molecule has 0 spiro atoms. The van der Waals surface area contributed by atoms with Gasteiger partial charge in [0, 0.05) is 17.2 Å². The summed E-state index contributed by atoms with van der Waals surface area (Å²) < 4.78 is 18.8. The maximum absolute atomic E-state index is 13.2. The van der Waals surface area contributed by atoms with Gasteiger partial charge >= 0.3 is 5.97 Å². The van der Waals surface area contributed by atoms with Gasteiger partial charge in [-0.3, -0.25) is 4.79 Å². The molecule has 0 radical (unpaired) electrons. The number of benzene rings is 2. The van der Waals surface area contributed by atoms with Crippen LogP contribution in [-0.2, 0) is 9.53 Å². The van der Waals surface area contributed by atoms with Crippen molar-refractivity contribution in [1.82, 2.24) is 0 Å². The molecule has 26 heavy (non-hydrogen) atoms. The molecule has 1 saturated heterocycles. The highest BCUT2D eigenvalue weighted by Crippen LogP contribution is 2.45. The van der Waals surface area contributed by atoms with Gasteiger partial charge in [-0.1, -0.05) is 18.2 Å². The number of amides is 1. The van der Waals surface area contributed by atoms with Gasteiger partial charge in [0.25, 0.3) is 5.91 Å². The Bertz CT molecular complexity index is 792. The van der Waals surface area contributed by atoms with Crippen molar-refractivity contribution in [3.63, 3.8) is 0 Å². The molecule has 1 heterocycles. The van der Waals surface area contributed by atoms with Crippen LogP contribution in [-0.4, -0.2) is 29.5 Å². The number of hydrogen-bond donors (Lipinski definition) is 1. The minimum atomic E-state index is -0.994. The van der Waals surface area contributed by atoms with E-state index in [1.807, 2.05) is 35.7 Å². The normalized spacial score (nSPS) is 15.5. The number of halogens is 1. The van der Waals surface area contributed by atoms with Gasteiger partial charge in [-0.25, -0.2) is 9.18 Å². The number of rotatable bonds is 5. The zero-order chi connectivity index (χ0) is 18.5. The van der Waals surface area contributed by atoms with Crippen LogP contribution in [0.5, 0.6) is 0 Å². The van der Waals surface area contributed by atoms with Crippen LogP contribution in [0.25, 0.3) is 0 Å². The number of carbonyl (C=O) groups is 2. The molecule has 1 N–H and O–H groups in total. The van der Waals surface area contributed by atoms with Gasteiger partial charge < -0.3 is 10.1 Å². The third kappa shape index (κ3) is 4.80. The molecule has 136 valence electrons. The molecule has 1 aliphatic rings. The topological polar surface area (TPSA) is 55.4 Å². The van der Waals surface area contributed by atoms with Crippen LogP contribution >= 0.6 is 23.5 Å². The summed E-state index contributed by atoms with van der Waals surface area (Å²) in [5.41, 5.74) is 1.88. The van der Waals surface area contributed by atoms with Crippen molar-refractivity contribution < 1.29 is 18.7 Å². The van der Waals surface area contributed by atoms with Gasteiger partial charge in [0.2, 0.25) is 0 Å². The average Bonchev–Trinajstić information content (AvgIpc) is 3.16. The smallest absolute Gasteiger partial charge is 0.338 e. The van der Waals surface area contributed by atoms with E-state index in [1.54, 1.807) is 18.2 Å². The van der Waals surface area contributed by atoms with Crippen LogP contribution in [0.15, 0.2) is 48.5 Å². The molecular weight excluding hydrogens is 373 g/mol. The van der Waals surface area contributed by atoms with Crippen LogP contribution in [0.1, 0.15) is 27.4 Å². The Morgan fingerprint density at radius 3 is 2.50 bits per heavy atom. The lowest BCUT2D eigenvalue weighted by atomic mass is 10.1. The van der Waals surface area contributed by atoms with Gasteiger partial charge in [0.1, 0.15) is 5.82 Å². The van der Waals surface area contributed by atoms with Crippen molar-refractivity contribution in [2.75, 3.05) is 16.8 Å². The quantitative estimate of drug-likeness (QED) is 0.761. The average molecular weight is 391 g/mol. The summed E-state index contributed by atoms with van der Waals surface area (Å²) in [6.45, 7) is 1.48. The highest BCUT2D eigenvalue weighted by atomic mass is 32.2. The summed E-state index contributed by atoms with van der Waals surface area (Å²) in [5, 5.41) is 2.52. The van der Waals surface area contributed by atoms with E-state index in [-0.39, 0.29) is 0 Å². The van der Waals surface area contributed by atoms with Crippen molar-refractivity contribution in [2.24, 2.45) is 0 Å². The number of esters is 1. The fourth-order valence-electron chi connectivity index (χ4n) is 2.42. The standard InChI is InChI=1S/C19H18FNO3S2/c1-12(17(22)21-16-4-2-3-15(20)11-16)24-18(23)13-5-7-14(8-6-13)19-25-9-10-26-19/h2-8,11-12,19H,9-10H2,1H3,(H,21,22)/t12-/m1/s1. The van der Waals surface area contributed by atoms with Crippen LogP contribution < -0.4 is 5.32 Å². The first-order chi connectivity index (χ1) is 12.5. The Morgan fingerprint density at radius 2 is 1.85 bits per heavy atom. The first-order valence-corrected chi connectivity index (χ1v) is 10.2. The van der Waals surface area contributed by atoms with E-state index >= 15 is 0 Å². The van der Waals surface area contributed by atoms with E-state index in [2.05, 4.69) is 5.32 Å². The molecule has 4 nitrogen and oxygen atoms in total. The molecule has 0 aromatic heterocycles. The molecule has 3 rings (SSSR count). The number of anilines is 1. The Labute approximate surface area is 159 Å². The Hall–Kier alpha value is -1.99. The van der Waals surface area contributed by atoms with E-state index in [0.29, 0.717) is 15.8 Å². The van der Waals surface area contributed by atoms with Gasteiger partial charge in [0.05, 0.1) is 10.1 Å². The highest BCUT2D eigenvalue weighted by molar-refractivity contribution is 8.19. The molecule has 0 bridgehead atoms. The molecule has 1 fully saturated rings. The van der Waals surface area contributed by atoms with Gasteiger partial charge in [-0.05, 0) is 42.8 Å². The lowest BCUT2D eigenvalue weighted by Crippen LogP contribution is -2.30. The Kier molecular flexibility index (Phi) is 6.21. The van der Waals surface area contributed by atoms with Crippen LogP contribution in [0, 0.1) is 5.82 Å². The molecule has 0 saturated carbocycles. The van der Waals surface area contributed by atoms with Crippen molar-refractivity contribution >= 4 is 41.1 Å². The largest absolute Gasteiger partial charge is 0.449 e. The molecular formula is C19H18FNO3S2. The Morgan fingerprint density at radius 1 is 1.15 bits per heavy atom. The van der Waals surface area contributed by atoms with E-state index in [4.69, 9.17) is 4.74 Å². The number of thioether (sulfide) groups is 2. The zero-order valence-electron chi connectivity index (χ0n) is 14.1. The summed E-state index contributed by atoms with van der Waals surface area (Å²) >= 11 is 3.79. The maximum Gasteiger partial charge on any atom is 0.338 e. The van der Waals surface area contributed by atoms with Crippen molar-refractivity contribution in [3.8, 4) is 0 Å². The molecule has 2 aromatic rings. The van der Waals surface area contributed by atoms with Crippen LogP contribution in [0.3, 0.4) is 0 Å². The molecule has 1 amide bonds. The minimum Gasteiger partial charge on any atom is -0.449 e. The van der Waals surface area contributed by atoms with Gasteiger partial charge in [-0.2, -0.15) is 0 Å². The van der Waals surface area contributed by atoms with Crippen LogP contribution in [0.4, 0.5) is 10.1 Å². The third-order valence-electron chi connectivity index (χ3n) is 3.79. The first kappa shape index (κ1) is 18.8.